The number of rotatable bonds is 10. The van der Waals surface area contributed by atoms with Crippen molar-refractivity contribution in [1.82, 2.24) is 24.5 Å². The predicted molar refractivity (Wildman–Crippen MR) is 151 cm³/mol. The van der Waals surface area contributed by atoms with Gasteiger partial charge in [-0.15, -0.1) is 0 Å². The van der Waals surface area contributed by atoms with Gasteiger partial charge in [-0.1, -0.05) is 12.1 Å². The van der Waals surface area contributed by atoms with Crippen LogP contribution in [0.4, 0.5) is 17.5 Å². The lowest BCUT2D eigenvalue weighted by atomic mass is 10.0. The summed E-state index contributed by atoms with van der Waals surface area (Å²) in [5, 5.41) is 14.7. The summed E-state index contributed by atoms with van der Waals surface area (Å²) in [4.78, 5) is 54.4. The van der Waals surface area contributed by atoms with Gasteiger partial charge in [0.05, 0.1) is 16.1 Å². The summed E-state index contributed by atoms with van der Waals surface area (Å²) >= 11 is 0. The first-order valence-electron chi connectivity index (χ1n) is 12.9. The minimum Gasteiger partial charge on any atom is -0.458 e. The lowest BCUT2D eigenvalue weighted by Gasteiger charge is -2.25. The van der Waals surface area contributed by atoms with Gasteiger partial charge < -0.3 is 19.9 Å². The van der Waals surface area contributed by atoms with Crippen molar-refractivity contribution in [1.29, 1.82) is 0 Å². The summed E-state index contributed by atoms with van der Waals surface area (Å²) in [6, 6.07) is 9.55. The van der Waals surface area contributed by atoms with Gasteiger partial charge in [0, 0.05) is 25.7 Å². The molecule has 0 aliphatic rings. The highest BCUT2D eigenvalue weighted by atomic mass is 16.6. The largest absolute Gasteiger partial charge is 0.458 e. The average Bonchev–Trinajstić information content (AvgIpc) is 3.24. The van der Waals surface area contributed by atoms with Crippen LogP contribution >= 0.6 is 0 Å². The van der Waals surface area contributed by atoms with Gasteiger partial charge in [-0.3, -0.25) is 10.1 Å². The quantitative estimate of drug-likeness (QED) is 0.170. The average molecular weight is 549 g/mol. The molecule has 0 aliphatic carbocycles. The van der Waals surface area contributed by atoms with E-state index < -0.39 is 22.5 Å². The lowest BCUT2D eigenvalue weighted by molar-refractivity contribution is -0.384. The molecule has 210 valence electrons. The first-order valence-corrected chi connectivity index (χ1v) is 12.9. The van der Waals surface area contributed by atoms with E-state index in [1.54, 1.807) is 63.4 Å². The third kappa shape index (κ3) is 6.25. The minimum absolute atomic E-state index is 0.0780. The number of imidazole rings is 1. The zero-order valence-corrected chi connectivity index (χ0v) is 23.0. The zero-order chi connectivity index (χ0) is 29.0. The van der Waals surface area contributed by atoms with Crippen LogP contribution in [-0.4, -0.2) is 60.1 Å². The second-order valence-corrected chi connectivity index (χ2v) is 10.1. The molecule has 0 bridgehead atoms. The van der Waals surface area contributed by atoms with Crippen LogP contribution in [-0.2, 0) is 16.0 Å². The van der Waals surface area contributed by atoms with Gasteiger partial charge in [-0.2, -0.15) is 4.98 Å². The third-order valence-corrected chi connectivity index (χ3v) is 6.08. The number of carbonyl (C=O) groups is 1. The van der Waals surface area contributed by atoms with Crippen LogP contribution in [0.3, 0.4) is 0 Å². The van der Waals surface area contributed by atoms with Crippen molar-refractivity contribution in [3.05, 3.63) is 75.0 Å². The van der Waals surface area contributed by atoms with Gasteiger partial charge in [0.1, 0.15) is 17.8 Å². The highest BCUT2D eigenvalue weighted by molar-refractivity contribution is 5.81. The molecule has 13 heteroatoms. The lowest BCUT2D eigenvalue weighted by Crippen LogP contribution is -2.38. The molecule has 0 saturated heterocycles. The van der Waals surface area contributed by atoms with Crippen LogP contribution in [0, 0.1) is 10.1 Å². The highest BCUT2D eigenvalue weighted by Crippen LogP contribution is 2.26. The smallest absolute Gasteiger partial charge is 0.332 e. The van der Waals surface area contributed by atoms with E-state index in [1.165, 1.54) is 4.57 Å². The van der Waals surface area contributed by atoms with Crippen molar-refractivity contribution in [2.75, 3.05) is 23.3 Å². The molecule has 3 heterocycles. The Balaban J connectivity index is 1.67. The molecular weight excluding hydrogens is 516 g/mol. The molecule has 1 unspecified atom stereocenters. The summed E-state index contributed by atoms with van der Waals surface area (Å²) in [7, 11) is 0. The molecule has 4 aromatic rings. The number of fused-ring (bicyclic) bond motifs is 1. The van der Waals surface area contributed by atoms with Crippen LogP contribution in [0.1, 0.15) is 40.2 Å². The zero-order valence-electron chi connectivity index (χ0n) is 23.0. The van der Waals surface area contributed by atoms with E-state index in [-0.39, 0.29) is 23.6 Å². The van der Waals surface area contributed by atoms with Crippen LogP contribution in [0.2, 0.25) is 0 Å². The van der Waals surface area contributed by atoms with Crippen molar-refractivity contribution in [3.8, 4) is 5.69 Å². The molecule has 2 N–H and O–H groups in total. The number of pyridine rings is 1. The van der Waals surface area contributed by atoms with E-state index >= 15 is 0 Å². The summed E-state index contributed by atoms with van der Waals surface area (Å²) in [5.74, 6) is -0.361. The Morgan fingerprint density at radius 2 is 1.88 bits per heavy atom. The number of hydrogen-bond acceptors (Lipinski definition) is 10. The van der Waals surface area contributed by atoms with Crippen LogP contribution in [0.5, 0.6) is 0 Å². The minimum atomic E-state index is -0.999. The van der Waals surface area contributed by atoms with Gasteiger partial charge in [-0.05, 0) is 64.4 Å². The second kappa shape index (κ2) is 11.5. The number of esters is 1. The number of aromatic amines is 1. The van der Waals surface area contributed by atoms with Gasteiger partial charge in [0.15, 0.2) is 5.65 Å². The number of nitrogens with one attached hydrogen (secondary N) is 2. The van der Waals surface area contributed by atoms with Crippen molar-refractivity contribution < 1.29 is 14.5 Å². The molecule has 4 rings (SSSR count). The molecule has 0 aliphatic heterocycles. The van der Waals surface area contributed by atoms with Gasteiger partial charge >= 0.3 is 17.3 Å². The molecular formula is C27H32N8O5. The van der Waals surface area contributed by atoms with Gasteiger partial charge in [0.2, 0.25) is 11.8 Å². The molecule has 40 heavy (non-hydrogen) atoms. The molecule has 3 aromatic heterocycles. The summed E-state index contributed by atoms with van der Waals surface area (Å²) in [5.41, 5.74) is 0.967. The number of benzene rings is 1. The number of nitro groups is 1. The fraction of sp³-hybridized carbons (Fsp3) is 0.370. The monoisotopic (exact) mass is 548 g/mol. The molecule has 0 saturated carbocycles. The predicted octanol–water partition coefficient (Wildman–Crippen LogP) is 3.62. The molecule has 1 atom stereocenters. The SMILES string of the molecule is CCN(CC)c1ncc([N+](=O)[O-])c(NC(Cc2ccc(-n3c(=O)[nH]c4cccnc43)cc2)C(=O)OC(C)(C)C)n1. The number of nitrogens with zero attached hydrogens (tertiary/aromatic N) is 6. The first-order chi connectivity index (χ1) is 19.0. The van der Waals surface area contributed by atoms with Crippen LogP contribution in [0.25, 0.3) is 16.9 Å². The maximum Gasteiger partial charge on any atom is 0.332 e. The Morgan fingerprint density at radius 1 is 1.18 bits per heavy atom. The van der Waals surface area contributed by atoms with Crippen LogP contribution in [0.15, 0.2) is 53.6 Å². The van der Waals surface area contributed by atoms with Crippen molar-refractivity contribution in [2.24, 2.45) is 0 Å². The van der Waals surface area contributed by atoms with Gasteiger partial charge in [-0.25, -0.2) is 24.1 Å². The van der Waals surface area contributed by atoms with Crippen molar-refractivity contribution in [2.45, 2.75) is 52.7 Å². The second-order valence-electron chi connectivity index (χ2n) is 10.1. The normalized spacial score (nSPS) is 12.2. The molecule has 1 aromatic carbocycles. The van der Waals surface area contributed by atoms with Crippen molar-refractivity contribution >= 4 is 34.6 Å². The number of aromatic nitrogens is 5. The maximum absolute atomic E-state index is 13.3. The Labute approximate surface area is 230 Å². The fourth-order valence-corrected chi connectivity index (χ4v) is 4.19. The van der Waals surface area contributed by atoms with Crippen LogP contribution < -0.4 is 15.9 Å². The topological polar surface area (TPSA) is 161 Å². The molecule has 0 amide bonds. The standard InChI is InChI=1S/C27H32N8O5/c1-6-33(7-2)25-29-16-21(35(38)39)22(32-25)30-20(24(36)40-27(3,4)5)15-17-10-12-18(13-11-17)34-23-19(31-26(34)37)9-8-14-28-23/h8-14,16,20H,6-7,15H2,1-5H3,(H,31,37)(H,29,30,32). The van der Waals surface area contributed by atoms with E-state index in [1.807, 2.05) is 18.7 Å². The number of anilines is 2. The third-order valence-electron chi connectivity index (χ3n) is 6.08. The van der Waals surface area contributed by atoms with E-state index in [4.69, 9.17) is 4.74 Å². The first kappa shape index (κ1) is 28.2. The fourth-order valence-electron chi connectivity index (χ4n) is 4.19. The van der Waals surface area contributed by atoms with E-state index in [2.05, 4.69) is 25.3 Å². The van der Waals surface area contributed by atoms with Gasteiger partial charge in [0.25, 0.3) is 0 Å². The van der Waals surface area contributed by atoms with E-state index in [0.717, 1.165) is 11.8 Å². The molecule has 0 radical (unpaired) electrons. The molecule has 0 fully saturated rings. The van der Waals surface area contributed by atoms with E-state index in [9.17, 15) is 19.7 Å². The Morgan fingerprint density at radius 3 is 2.50 bits per heavy atom. The molecule has 0 spiro atoms. The number of carbonyl (C=O) groups excluding carboxylic acids is 1. The van der Waals surface area contributed by atoms with Crippen molar-refractivity contribution in [3.63, 3.8) is 0 Å². The number of H-pyrrole nitrogens is 1. The number of hydrogen-bond donors (Lipinski definition) is 2. The maximum atomic E-state index is 13.3. The number of ether oxygens (including phenoxy) is 1. The summed E-state index contributed by atoms with van der Waals surface area (Å²) in [6.07, 6.45) is 2.88. The Kier molecular flexibility index (Phi) is 8.12. The highest BCUT2D eigenvalue weighted by Gasteiger charge is 2.29. The molecule has 13 nitrogen and oxygen atoms in total. The summed E-state index contributed by atoms with van der Waals surface area (Å²) < 4.78 is 7.09. The Bertz CT molecular complexity index is 1570. The Hall–Kier alpha value is -4.81. The van der Waals surface area contributed by atoms with E-state index in [0.29, 0.717) is 35.9 Å². The summed E-state index contributed by atoms with van der Waals surface area (Å²) in [6.45, 7) is 10.3.